The Balaban J connectivity index is 0.00000392. The molecule has 0 aliphatic rings. The SMILES string of the molecule is CCCC(N)C(=O)Nc1ccc(NC(=O)C(C)n2nc(C)cc2C)c(Cl)c1.Cl. The van der Waals surface area contributed by atoms with E-state index in [1.807, 2.05) is 26.8 Å². The van der Waals surface area contributed by atoms with Crippen molar-refractivity contribution >= 4 is 47.2 Å². The van der Waals surface area contributed by atoms with Crippen LogP contribution in [0.25, 0.3) is 0 Å². The minimum Gasteiger partial charge on any atom is -0.325 e. The van der Waals surface area contributed by atoms with Gasteiger partial charge < -0.3 is 16.4 Å². The van der Waals surface area contributed by atoms with Crippen molar-refractivity contribution in [2.75, 3.05) is 10.6 Å². The molecule has 1 heterocycles. The van der Waals surface area contributed by atoms with Crippen molar-refractivity contribution in [1.82, 2.24) is 9.78 Å². The minimum absolute atomic E-state index is 0. The second kappa shape index (κ2) is 10.5. The van der Waals surface area contributed by atoms with Crippen LogP contribution < -0.4 is 16.4 Å². The summed E-state index contributed by atoms with van der Waals surface area (Å²) in [5.74, 6) is -0.493. The number of anilines is 2. The highest BCUT2D eigenvalue weighted by atomic mass is 35.5. The number of halogens is 2. The summed E-state index contributed by atoms with van der Waals surface area (Å²) in [6.45, 7) is 7.52. The van der Waals surface area contributed by atoms with E-state index < -0.39 is 12.1 Å². The lowest BCUT2D eigenvalue weighted by atomic mass is 10.1. The van der Waals surface area contributed by atoms with E-state index in [0.29, 0.717) is 22.8 Å². The lowest BCUT2D eigenvalue weighted by Crippen LogP contribution is -2.35. The van der Waals surface area contributed by atoms with Gasteiger partial charge in [-0.15, -0.1) is 12.4 Å². The van der Waals surface area contributed by atoms with Crippen molar-refractivity contribution in [3.63, 3.8) is 0 Å². The number of nitrogens with two attached hydrogens (primary N) is 1. The van der Waals surface area contributed by atoms with Gasteiger partial charge in [-0.05, 0) is 51.5 Å². The Morgan fingerprint density at radius 2 is 1.89 bits per heavy atom. The largest absolute Gasteiger partial charge is 0.325 e. The van der Waals surface area contributed by atoms with Crippen LogP contribution in [-0.4, -0.2) is 27.6 Å². The molecule has 2 amide bonds. The number of rotatable bonds is 7. The van der Waals surface area contributed by atoms with Gasteiger partial charge >= 0.3 is 0 Å². The number of hydrogen-bond acceptors (Lipinski definition) is 4. The Labute approximate surface area is 176 Å². The first-order chi connectivity index (χ1) is 12.7. The molecule has 0 bridgehead atoms. The van der Waals surface area contributed by atoms with Crippen molar-refractivity contribution < 1.29 is 9.59 Å². The summed E-state index contributed by atoms with van der Waals surface area (Å²) < 4.78 is 1.67. The molecule has 0 aliphatic carbocycles. The van der Waals surface area contributed by atoms with Gasteiger partial charge in [0.15, 0.2) is 0 Å². The fourth-order valence-corrected chi connectivity index (χ4v) is 2.99. The predicted octanol–water partition coefficient (Wildman–Crippen LogP) is 3.84. The van der Waals surface area contributed by atoms with Gasteiger partial charge in [0, 0.05) is 11.4 Å². The zero-order chi connectivity index (χ0) is 20.1. The molecule has 1 aromatic heterocycles. The molecule has 0 saturated heterocycles. The van der Waals surface area contributed by atoms with Crippen LogP contribution in [0.4, 0.5) is 11.4 Å². The van der Waals surface area contributed by atoms with Gasteiger partial charge in [-0.3, -0.25) is 14.3 Å². The van der Waals surface area contributed by atoms with E-state index in [-0.39, 0.29) is 24.2 Å². The highest BCUT2D eigenvalue weighted by molar-refractivity contribution is 6.34. The molecule has 2 atom stereocenters. The van der Waals surface area contributed by atoms with Gasteiger partial charge in [-0.25, -0.2) is 0 Å². The number of benzene rings is 1. The van der Waals surface area contributed by atoms with E-state index in [0.717, 1.165) is 17.8 Å². The van der Waals surface area contributed by atoms with Crippen LogP contribution in [0.2, 0.25) is 5.02 Å². The van der Waals surface area contributed by atoms with E-state index in [1.54, 1.807) is 29.8 Å². The van der Waals surface area contributed by atoms with Crippen LogP contribution in [0.3, 0.4) is 0 Å². The number of aromatic nitrogens is 2. The molecule has 154 valence electrons. The zero-order valence-corrected chi connectivity index (χ0v) is 18.0. The summed E-state index contributed by atoms with van der Waals surface area (Å²) in [5.41, 5.74) is 8.55. The first kappa shape index (κ1) is 23.9. The number of carbonyl (C=O) groups excluding carboxylic acids is 2. The van der Waals surface area contributed by atoms with Crippen molar-refractivity contribution in [3.8, 4) is 0 Å². The summed E-state index contributed by atoms with van der Waals surface area (Å²) in [6.07, 6.45) is 1.44. The van der Waals surface area contributed by atoms with Gasteiger partial charge in [0.2, 0.25) is 11.8 Å². The highest BCUT2D eigenvalue weighted by Gasteiger charge is 2.19. The van der Waals surface area contributed by atoms with E-state index in [2.05, 4.69) is 15.7 Å². The maximum atomic E-state index is 12.5. The Bertz CT molecular complexity index is 838. The van der Waals surface area contributed by atoms with Crippen molar-refractivity contribution in [2.24, 2.45) is 5.73 Å². The Hall–Kier alpha value is -2.09. The van der Waals surface area contributed by atoms with Crippen molar-refractivity contribution in [3.05, 3.63) is 40.7 Å². The van der Waals surface area contributed by atoms with Crippen molar-refractivity contribution in [1.29, 1.82) is 0 Å². The summed E-state index contributed by atoms with van der Waals surface area (Å²) in [7, 11) is 0. The topological polar surface area (TPSA) is 102 Å². The number of nitrogens with one attached hydrogen (secondary N) is 2. The molecule has 0 saturated carbocycles. The molecular formula is C19H27Cl2N5O2. The third-order valence-corrected chi connectivity index (χ3v) is 4.53. The molecule has 28 heavy (non-hydrogen) atoms. The van der Waals surface area contributed by atoms with Crippen LogP contribution in [0.5, 0.6) is 0 Å². The van der Waals surface area contributed by atoms with Crippen LogP contribution in [0.15, 0.2) is 24.3 Å². The smallest absolute Gasteiger partial charge is 0.248 e. The van der Waals surface area contributed by atoms with Crippen LogP contribution >= 0.6 is 24.0 Å². The number of aryl methyl sites for hydroxylation is 2. The first-order valence-electron chi connectivity index (χ1n) is 8.92. The van der Waals surface area contributed by atoms with Gasteiger partial charge in [0.25, 0.3) is 0 Å². The van der Waals surface area contributed by atoms with Gasteiger partial charge in [0.1, 0.15) is 6.04 Å². The maximum absolute atomic E-state index is 12.5. The Morgan fingerprint density at radius 1 is 1.21 bits per heavy atom. The average molecular weight is 428 g/mol. The molecule has 1 aromatic carbocycles. The first-order valence-corrected chi connectivity index (χ1v) is 9.30. The maximum Gasteiger partial charge on any atom is 0.248 e. The quantitative estimate of drug-likeness (QED) is 0.624. The number of carbonyl (C=O) groups is 2. The predicted molar refractivity (Wildman–Crippen MR) is 115 cm³/mol. The number of nitrogens with zero attached hydrogens (tertiary/aromatic N) is 2. The molecule has 0 spiro atoms. The second-order valence-electron chi connectivity index (χ2n) is 6.62. The molecule has 2 aromatic rings. The highest BCUT2D eigenvalue weighted by Crippen LogP contribution is 2.26. The van der Waals surface area contributed by atoms with Gasteiger partial charge in [-0.2, -0.15) is 5.10 Å². The number of amides is 2. The average Bonchev–Trinajstić information content (AvgIpc) is 2.94. The van der Waals surface area contributed by atoms with E-state index in [9.17, 15) is 9.59 Å². The summed E-state index contributed by atoms with van der Waals surface area (Å²) in [5, 5.41) is 10.2. The second-order valence-corrected chi connectivity index (χ2v) is 7.02. The number of hydrogen-bond donors (Lipinski definition) is 3. The van der Waals surface area contributed by atoms with Gasteiger partial charge in [-0.1, -0.05) is 24.9 Å². The Morgan fingerprint density at radius 3 is 2.43 bits per heavy atom. The fraction of sp³-hybridized carbons (Fsp3) is 0.421. The van der Waals surface area contributed by atoms with Crippen LogP contribution in [0, 0.1) is 13.8 Å². The molecule has 0 radical (unpaired) electrons. The van der Waals surface area contributed by atoms with Crippen LogP contribution in [0.1, 0.15) is 44.1 Å². The fourth-order valence-electron chi connectivity index (χ4n) is 2.76. The lowest BCUT2D eigenvalue weighted by molar-refractivity contribution is -0.119. The summed E-state index contributed by atoms with van der Waals surface area (Å²) in [6, 6.07) is 5.77. The molecule has 9 heteroatoms. The standard InChI is InChI=1S/C19H26ClN5O2.ClH/c1-5-6-16(21)19(27)22-14-7-8-17(15(20)10-14)23-18(26)13(4)25-12(3)9-11(2)24-25;/h7-10,13,16H,5-6,21H2,1-4H3,(H,22,27)(H,23,26);1H. The molecule has 7 nitrogen and oxygen atoms in total. The normalized spacial score (nSPS) is 12.6. The van der Waals surface area contributed by atoms with E-state index in [1.165, 1.54) is 0 Å². The van der Waals surface area contributed by atoms with Crippen LogP contribution in [-0.2, 0) is 9.59 Å². The minimum atomic E-state index is -0.560. The zero-order valence-electron chi connectivity index (χ0n) is 16.5. The third-order valence-electron chi connectivity index (χ3n) is 4.22. The van der Waals surface area contributed by atoms with Crippen molar-refractivity contribution in [2.45, 2.75) is 52.6 Å². The molecule has 2 unspecified atom stereocenters. The molecule has 0 fully saturated rings. The summed E-state index contributed by atoms with van der Waals surface area (Å²) in [4.78, 5) is 24.5. The van der Waals surface area contributed by atoms with Gasteiger partial charge in [0.05, 0.1) is 22.4 Å². The Kier molecular flexibility index (Phi) is 8.94. The molecule has 4 N–H and O–H groups in total. The lowest BCUT2D eigenvalue weighted by Gasteiger charge is -2.16. The molecule has 2 rings (SSSR count). The monoisotopic (exact) mass is 427 g/mol. The molecule has 0 aliphatic heterocycles. The van der Waals surface area contributed by atoms with E-state index in [4.69, 9.17) is 17.3 Å². The third kappa shape index (κ3) is 5.95. The molecular weight excluding hydrogens is 401 g/mol. The van der Waals surface area contributed by atoms with E-state index >= 15 is 0 Å². The summed E-state index contributed by atoms with van der Waals surface area (Å²) >= 11 is 6.26.